The van der Waals surface area contributed by atoms with Gasteiger partial charge in [-0.05, 0) is 35.7 Å². The number of rotatable bonds is 6. The molecule has 154 valence electrons. The molecule has 0 heterocycles. The number of halogens is 4. The Hall–Kier alpha value is -1.05. The standard InChI is InChI=1S/C19H29ClF3NO2Si/c1-11(2)27(12(3)4,13(5)6)14-8-9-16(15(20)10-14)24-17(25)18(7,26)19(21,22)23/h8-13,26H,1-7H3,(H,24,25)/t18-/m1/s1. The largest absolute Gasteiger partial charge is 0.426 e. The van der Waals surface area contributed by atoms with Crippen molar-refractivity contribution in [2.75, 3.05) is 5.32 Å². The molecule has 0 aromatic heterocycles. The molecule has 1 atom stereocenters. The van der Waals surface area contributed by atoms with Gasteiger partial charge in [0.15, 0.2) is 0 Å². The van der Waals surface area contributed by atoms with Crippen LogP contribution in [0.25, 0.3) is 0 Å². The molecule has 1 aromatic rings. The second-order valence-corrected chi connectivity index (χ2v) is 14.4. The smallest absolute Gasteiger partial charge is 0.373 e. The third-order valence-electron chi connectivity index (χ3n) is 5.58. The number of hydrogen-bond acceptors (Lipinski definition) is 2. The highest BCUT2D eigenvalue weighted by Gasteiger charge is 2.56. The molecule has 8 heteroatoms. The first kappa shape index (κ1) is 24.0. The number of amides is 1. The first-order chi connectivity index (χ1) is 12.1. The molecule has 0 aliphatic rings. The summed E-state index contributed by atoms with van der Waals surface area (Å²) in [6, 6.07) is 5.12. The summed E-state index contributed by atoms with van der Waals surface area (Å²) >= 11 is 6.30. The van der Waals surface area contributed by atoms with Gasteiger partial charge in [-0.2, -0.15) is 13.2 Å². The summed E-state index contributed by atoms with van der Waals surface area (Å²) in [5, 5.41) is 12.9. The molecule has 3 nitrogen and oxygen atoms in total. The fourth-order valence-corrected chi connectivity index (χ4v) is 11.3. The number of nitrogens with one attached hydrogen (secondary N) is 1. The van der Waals surface area contributed by atoms with E-state index in [0.717, 1.165) is 5.19 Å². The topological polar surface area (TPSA) is 49.3 Å². The number of alkyl halides is 3. The van der Waals surface area contributed by atoms with Gasteiger partial charge in [-0.25, -0.2) is 0 Å². The zero-order valence-corrected chi connectivity index (χ0v) is 18.6. The van der Waals surface area contributed by atoms with Gasteiger partial charge in [0, 0.05) is 0 Å². The van der Waals surface area contributed by atoms with Crippen LogP contribution in [-0.2, 0) is 4.79 Å². The van der Waals surface area contributed by atoms with E-state index in [0.29, 0.717) is 23.5 Å². The van der Waals surface area contributed by atoms with E-state index in [2.05, 4.69) is 46.9 Å². The van der Waals surface area contributed by atoms with Crippen molar-refractivity contribution in [3.05, 3.63) is 23.2 Å². The van der Waals surface area contributed by atoms with Gasteiger partial charge in [-0.15, -0.1) is 0 Å². The maximum absolute atomic E-state index is 12.8. The molecular weight excluding hydrogens is 395 g/mol. The summed E-state index contributed by atoms with van der Waals surface area (Å²) < 4.78 is 38.5. The first-order valence-corrected chi connectivity index (χ1v) is 11.6. The van der Waals surface area contributed by atoms with Gasteiger partial charge in [0.05, 0.1) is 18.8 Å². The van der Waals surface area contributed by atoms with Crippen LogP contribution in [0.3, 0.4) is 0 Å². The van der Waals surface area contributed by atoms with E-state index in [-0.39, 0.29) is 10.7 Å². The molecule has 0 radical (unpaired) electrons. The Labute approximate surface area is 165 Å². The average Bonchev–Trinajstić information content (AvgIpc) is 2.47. The van der Waals surface area contributed by atoms with Crippen LogP contribution < -0.4 is 10.5 Å². The molecule has 2 N–H and O–H groups in total. The van der Waals surface area contributed by atoms with Crippen molar-refractivity contribution in [1.29, 1.82) is 0 Å². The number of anilines is 1. The minimum absolute atomic E-state index is 0.0501. The molecule has 0 aliphatic heterocycles. The van der Waals surface area contributed by atoms with Crippen molar-refractivity contribution in [3.63, 3.8) is 0 Å². The summed E-state index contributed by atoms with van der Waals surface area (Å²) in [6.45, 7) is 13.6. The van der Waals surface area contributed by atoms with Gasteiger partial charge in [0.25, 0.3) is 5.91 Å². The fraction of sp³-hybridized carbons (Fsp3) is 0.632. The summed E-state index contributed by atoms with van der Waals surface area (Å²) in [4.78, 5) is 11.9. The lowest BCUT2D eigenvalue weighted by molar-refractivity contribution is -0.242. The highest BCUT2D eigenvalue weighted by atomic mass is 35.5. The molecule has 0 bridgehead atoms. The average molecular weight is 424 g/mol. The lowest BCUT2D eigenvalue weighted by Crippen LogP contribution is -2.55. The number of benzene rings is 1. The van der Waals surface area contributed by atoms with Crippen molar-refractivity contribution in [2.24, 2.45) is 0 Å². The second-order valence-electron chi connectivity index (χ2n) is 8.12. The third-order valence-corrected chi connectivity index (χ3v) is 12.9. The van der Waals surface area contributed by atoms with Crippen LogP contribution in [0.2, 0.25) is 21.6 Å². The van der Waals surface area contributed by atoms with Crippen molar-refractivity contribution in [3.8, 4) is 0 Å². The molecule has 0 fully saturated rings. The lowest BCUT2D eigenvalue weighted by atomic mass is 10.1. The number of carbonyl (C=O) groups is 1. The van der Waals surface area contributed by atoms with Crippen LogP contribution in [0.1, 0.15) is 48.5 Å². The zero-order chi connectivity index (χ0) is 21.4. The Balaban J connectivity index is 3.33. The molecule has 1 aromatic carbocycles. The van der Waals surface area contributed by atoms with Gasteiger partial charge in [0.1, 0.15) is 0 Å². The molecule has 0 saturated carbocycles. The second kappa shape index (κ2) is 8.13. The molecule has 1 amide bonds. The predicted molar refractivity (Wildman–Crippen MR) is 107 cm³/mol. The van der Waals surface area contributed by atoms with Gasteiger partial charge in [0.2, 0.25) is 5.60 Å². The van der Waals surface area contributed by atoms with Crippen LogP contribution in [0.4, 0.5) is 18.9 Å². The molecule has 1 rings (SSSR count). The van der Waals surface area contributed by atoms with Gasteiger partial charge >= 0.3 is 6.18 Å². The maximum atomic E-state index is 12.8. The van der Waals surface area contributed by atoms with E-state index >= 15 is 0 Å². The van der Waals surface area contributed by atoms with E-state index in [1.165, 1.54) is 6.07 Å². The Morgan fingerprint density at radius 1 is 1.07 bits per heavy atom. The first-order valence-electron chi connectivity index (χ1n) is 9.00. The highest BCUT2D eigenvalue weighted by molar-refractivity contribution is 6.95. The van der Waals surface area contributed by atoms with Crippen LogP contribution in [0, 0.1) is 0 Å². The van der Waals surface area contributed by atoms with E-state index in [1.807, 2.05) is 6.07 Å². The van der Waals surface area contributed by atoms with Crippen molar-refractivity contribution < 1.29 is 23.1 Å². The fourth-order valence-electron chi connectivity index (χ4n) is 4.26. The molecule has 0 saturated heterocycles. The molecular formula is C19H29ClF3NO2Si. The minimum Gasteiger partial charge on any atom is -0.373 e. The summed E-state index contributed by atoms with van der Waals surface area (Å²) in [6.07, 6.45) is -5.08. The summed E-state index contributed by atoms with van der Waals surface area (Å²) in [5.74, 6) is -1.57. The quantitative estimate of drug-likeness (QED) is 0.595. The summed E-state index contributed by atoms with van der Waals surface area (Å²) in [5.41, 5.74) is -2.16. The number of aliphatic hydroxyl groups is 1. The van der Waals surface area contributed by atoms with E-state index in [9.17, 15) is 23.1 Å². The van der Waals surface area contributed by atoms with Crippen LogP contribution in [0.5, 0.6) is 0 Å². The summed E-state index contributed by atoms with van der Waals surface area (Å²) in [7, 11) is -1.99. The van der Waals surface area contributed by atoms with Gasteiger partial charge in [-0.3, -0.25) is 4.79 Å². The molecule has 0 spiro atoms. The monoisotopic (exact) mass is 423 g/mol. The van der Waals surface area contributed by atoms with Gasteiger partial charge in [-0.1, -0.05) is 64.4 Å². The lowest BCUT2D eigenvalue weighted by Gasteiger charge is -2.43. The van der Waals surface area contributed by atoms with E-state index in [1.54, 1.807) is 6.07 Å². The Morgan fingerprint density at radius 2 is 1.52 bits per heavy atom. The van der Waals surface area contributed by atoms with Crippen molar-refractivity contribution in [2.45, 2.75) is 76.9 Å². The Morgan fingerprint density at radius 3 is 1.85 bits per heavy atom. The maximum Gasteiger partial charge on any atom is 0.426 e. The normalized spacial score (nSPS) is 15.4. The SMILES string of the molecule is CC(C)[Si](c1ccc(NC(=O)[C@@](C)(O)C(F)(F)F)c(Cl)c1)(C(C)C)C(C)C. The Bertz CT molecular complexity index is 666. The molecule has 27 heavy (non-hydrogen) atoms. The minimum atomic E-state index is -5.08. The van der Waals surface area contributed by atoms with Gasteiger partial charge < -0.3 is 10.4 Å². The zero-order valence-electron chi connectivity index (χ0n) is 16.8. The van der Waals surface area contributed by atoms with E-state index in [4.69, 9.17) is 11.6 Å². The van der Waals surface area contributed by atoms with E-state index < -0.39 is 25.8 Å². The third kappa shape index (κ3) is 4.35. The number of hydrogen-bond donors (Lipinski definition) is 2. The van der Waals surface area contributed by atoms with Crippen LogP contribution in [-0.4, -0.2) is 30.9 Å². The molecule has 0 unspecified atom stereocenters. The Kier molecular flexibility index (Phi) is 7.22. The van der Waals surface area contributed by atoms with Crippen LogP contribution in [0.15, 0.2) is 18.2 Å². The molecule has 0 aliphatic carbocycles. The van der Waals surface area contributed by atoms with Crippen molar-refractivity contribution >= 4 is 36.5 Å². The predicted octanol–water partition coefficient (Wildman–Crippen LogP) is 5.48. The highest BCUT2D eigenvalue weighted by Crippen LogP contribution is 2.42. The number of carbonyl (C=O) groups excluding carboxylic acids is 1. The van der Waals surface area contributed by atoms with Crippen molar-refractivity contribution in [1.82, 2.24) is 0 Å². The van der Waals surface area contributed by atoms with Crippen LogP contribution >= 0.6 is 11.6 Å².